The van der Waals surface area contributed by atoms with Crippen LogP contribution >= 0.6 is 0 Å². The van der Waals surface area contributed by atoms with Gasteiger partial charge in [0, 0.05) is 6.21 Å². The molecular formula is C23H24N4O7. The molecule has 3 rings (SSSR count). The van der Waals surface area contributed by atoms with Crippen molar-refractivity contribution in [3.63, 3.8) is 0 Å². The van der Waals surface area contributed by atoms with Crippen LogP contribution in [0.5, 0.6) is 0 Å². The first-order chi connectivity index (χ1) is 16.0. The zero-order valence-electron chi connectivity index (χ0n) is 18.9. The number of allylic oxidation sites excluding steroid dienone is 3. The molecular weight excluding hydrogens is 444 g/mol. The number of aliphatic imine (C=N–C) groups is 1. The van der Waals surface area contributed by atoms with E-state index >= 15 is 0 Å². The lowest BCUT2D eigenvalue weighted by Crippen LogP contribution is -2.33. The minimum absolute atomic E-state index is 0.0127. The summed E-state index contributed by atoms with van der Waals surface area (Å²) in [5.74, 6) is -1.51. The van der Waals surface area contributed by atoms with Gasteiger partial charge < -0.3 is 24.7 Å². The molecule has 178 valence electrons. The van der Waals surface area contributed by atoms with Gasteiger partial charge >= 0.3 is 11.9 Å². The third kappa shape index (κ3) is 6.45. The minimum atomic E-state index is -0.812. The van der Waals surface area contributed by atoms with E-state index in [9.17, 15) is 24.8 Å². The summed E-state index contributed by atoms with van der Waals surface area (Å²) < 4.78 is 12.6. The van der Waals surface area contributed by atoms with Gasteiger partial charge in [0.2, 0.25) is 0 Å². The van der Waals surface area contributed by atoms with Crippen molar-refractivity contribution in [1.82, 2.24) is 9.55 Å². The monoisotopic (exact) mass is 468 g/mol. The van der Waals surface area contributed by atoms with Gasteiger partial charge in [0.1, 0.15) is 24.7 Å². The Morgan fingerprint density at radius 2 is 2.00 bits per heavy atom. The van der Waals surface area contributed by atoms with Crippen molar-refractivity contribution in [1.29, 1.82) is 0 Å². The number of benzene rings is 1. The van der Waals surface area contributed by atoms with Crippen molar-refractivity contribution in [3.05, 3.63) is 75.8 Å². The molecule has 1 aromatic heterocycles. The number of carbonyl (C=O) groups is 2. The normalized spacial score (nSPS) is 14.7. The van der Waals surface area contributed by atoms with Gasteiger partial charge in [0.25, 0.3) is 0 Å². The summed E-state index contributed by atoms with van der Waals surface area (Å²) in [6.07, 6.45) is 5.71. The summed E-state index contributed by atoms with van der Waals surface area (Å²) in [5, 5.41) is 20.8. The van der Waals surface area contributed by atoms with Crippen LogP contribution < -0.4 is 0 Å². The second kappa shape index (κ2) is 10.2. The van der Waals surface area contributed by atoms with Gasteiger partial charge in [-0.3, -0.25) is 9.79 Å². The Bertz CT molecular complexity index is 1170. The molecule has 0 spiro atoms. The lowest BCUT2D eigenvalue weighted by Gasteiger charge is -2.24. The number of nitrogens with zero attached hydrogens (tertiary/aromatic N) is 4. The van der Waals surface area contributed by atoms with Crippen LogP contribution in [0.15, 0.2) is 65.1 Å². The lowest BCUT2D eigenvalue weighted by atomic mass is 10.2. The number of carbonyl (C=O) groups excluding carboxylic acids is 2. The quantitative estimate of drug-likeness (QED) is 0.255. The average Bonchev–Trinajstić information content (AvgIpc) is 3.36. The highest BCUT2D eigenvalue weighted by atomic mass is 16.6. The van der Waals surface area contributed by atoms with Gasteiger partial charge in [-0.25, -0.2) is 9.36 Å². The number of ketones is 1. The van der Waals surface area contributed by atoms with E-state index in [1.165, 1.54) is 47.5 Å². The standard InChI is InChI=1S/C23H24N4O7/c1-23(2,3)33-14-17(13-26-11-10-24-22(26)27(31)32)34-21(30)15-4-6-16(7-5-15)25-12-18-19(28)8-9-20(18)29/h4-12,17,28H,13-14H2,1-3H3/t17-/m0/s1. The molecule has 11 heteroatoms. The topological polar surface area (TPSA) is 146 Å². The van der Waals surface area contributed by atoms with Crippen LogP contribution in [-0.2, 0) is 20.8 Å². The molecule has 0 aliphatic heterocycles. The minimum Gasteiger partial charge on any atom is -0.507 e. The smallest absolute Gasteiger partial charge is 0.434 e. The van der Waals surface area contributed by atoms with E-state index in [-0.39, 0.29) is 41.8 Å². The molecule has 0 unspecified atom stereocenters. The summed E-state index contributed by atoms with van der Waals surface area (Å²) in [6.45, 7) is 5.54. The molecule has 0 fully saturated rings. The van der Waals surface area contributed by atoms with Gasteiger partial charge in [-0.2, -0.15) is 0 Å². The van der Waals surface area contributed by atoms with Crippen LogP contribution in [0.4, 0.5) is 11.6 Å². The largest absolute Gasteiger partial charge is 0.507 e. The van der Waals surface area contributed by atoms with Gasteiger partial charge in [0.05, 0.1) is 29.0 Å². The van der Waals surface area contributed by atoms with Crippen molar-refractivity contribution >= 4 is 29.6 Å². The van der Waals surface area contributed by atoms with Gasteiger partial charge in [-0.1, -0.05) is 4.98 Å². The highest BCUT2D eigenvalue weighted by molar-refractivity contribution is 6.21. The Morgan fingerprint density at radius 1 is 1.29 bits per heavy atom. The first kappa shape index (κ1) is 24.5. The molecule has 0 saturated carbocycles. The fourth-order valence-electron chi connectivity index (χ4n) is 2.93. The maximum Gasteiger partial charge on any atom is 0.434 e. The van der Waals surface area contributed by atoms with Crippen LogP contribution in [-0.4, -0.2) is 55.9 Å². The molecule has 2 aromatic rings. The van der Waals surface area contributed by atoms with E-state index in [0.717, 1.165) is 0 Å². The SMILES string of the molecule is CC(C)(C)OC[C@H](Cn1ccnc1[N+](=O)[O-])OC(=O)c1ccc(N=CC2=C(O)C=CC2=O)cc1. The third-order valence-electron chi connectivity index (χ3n) is 4.61. The van der Waals surface area contributed by atoms with Crippen LogP contribution in [0.1, 0.15) is 31.1 Å². The summed E-state index contributed by atoms with van der Waals surface area (Å²) in [6, 6.07) is 6.11. The number of hydrogen-bond acceptors (Lipinski definition) is 9. The summed E-state index contributed by atoms with van der Waals surface area (Å²) >= 11 is 0. The zero-order valence-corrected chi connectivity index (χ0v) is 18.9. The van der Waals surface area contributed by atoms with E-state index in [2.05, 4.69) is 9.98 Å². The van der Waals surface area contributed by atoms with Crippen LogP contribution in [0.2, 0.25) is 0 Å². The van der Waals surface area contributed by atoms with Gasteiger partial charge in [-0.05, 0) is 62.1 Å². The highest BCUT2D eigenvalue weighted by Gasteiger charge is 2.25. The number of nitro groups is 1. The molecule has 1 N–H and O–H groups in total. The van der Waals surface area contributed by atoms with E-state index in [4.69, 9.17) is 9.47 Å². The first-order valence-electron chi connectivity index (χ1n) is 10.3. The Labute approximate surface area is 195 Å². The lowest BCUT2D eigenvalue weighted by molar-refractivity contribution is -0.397. The maximum atomic E-state index is 12.7. The molecule has 1 aromatic carbocycles. The first-order valence-corrected chi connectivity index (χ1v) is 10.3. The van der Waals surface area contributed by atoms with Crippen molar-refractivity contribution in [3.8, 4) is 0 Å². The number of imidazole rings is 1. The molecule has 1 heterocycles. The predicted molar refractivity (Wildman–Crippen MR) is 122 cm³/mol. The third-order valence-corrected chi connectivity index (χ3v) is 4.61. The fraction of sp³-hybridized carbons (Fsp3) is 0.304. The van der Waals surface area contributed by atoms with E-state index < -0.39 is 22.6 Å². The number of aliphatic hydroxyl groups is 1. The van der Waals surface area contributed by atoms with E-state index in [1.807, 2.05) is 20.8 Å². The maximum absolute atomic E-state index is 12.7. The number of esters is 1. The number of hydrogen-bond donors (Lipinski definition) is 1. The summed E-state index contributed by atoms with van der Waals surface area (Å²) in [5.41, 5.74) is 0.267. The predicted octanol–water partition coefficient (Wildman–Crippen LogP) is 3.49. The van der Waals surface area contributed by atoms with Crippen molar-refractivity contribution in [2.24, 2.45) is 4.99 Å². The van der Waals surface area contributed by atoms with Crippen molar-refractivity contribution < 1.29 is 29.1 Å². The molecule has 34 heavy (non-hydrogen) atoms. The van der Waals surface area contributed by atoms with Gasteiger partial charge in [-0.15, -0.1) is 0 Å². The van der Waals surface area contributed by atoms with Crippen LogP contribution in [0.3, 0.4) is 0 Å². The molecule has 0 saturated heterocycles. The Balaban J connectivity index is 1.70. The number of aliphatic hydroxyl groups excluding tert-OH is 1. The molecule has 1 atom stereocenters. The number of aromatic nitrogens is 2. The number of rotatable bonds is 9. The van der Waals surface area contributed by atoms with Gasteiger partial charge in [0.15, 0.2) is 11.9 Å². The molecule has 0 bridgehead atoms. The number of ether oxygens (including phenoxy) is 2. The second-order valence-corrected chi connectivity index (χ2v) is 8.39. The Morgan fingerprint density at radius 3 is 2.59 bits per heavy atom. The molecule has 11 nitrogen and oxygen atoms in total. The Hall–Kier alpha value is -4.12. The molecule has 0 radical (unpaired) electrons. The van der Waals surface area contributed by atoms with E-state index in [0.29, 0.717) is 5.69 Å². The van der Waals surface area contributed by atoms with Crippen molar-refractivity contribution in [2.45, 2.75) is 39.0 Å². The molecule has 1 aliphatic carbocycles. The van der Waals surface area contributed by atoms with Crippen LogP contribution in [0.25, 0.3) is 0 Å². The highest BCUT2D eigenvalue weighted by Crippen LogP contribution is 2.18. The molecule has 1 aliphatic rings. The summed E-state index contributed by atoms with van der Waals surface area (Å²) in [7, 11) is 0. The van der Waals surface area contributed by atoms with Crippen LogP contribution in [0, 0.1) is 10.1 Å². The average molecular weight is 468 g/mol. The van der Waals surface area contributed by atoms with E-state index in [1.54, 1.807) is 12.1 Å². The summed E-state index contributed by atoms with van der Waals surface area (Å²) in [4.78, 5) is 42.7. The van der Waals surface area contributed by atoms with Crippen molar-refractivity contribution in [2.75, 3.05) is 6.61 Å². The zero-order chi connectivity index (χ0) is 24.9. The second-order valence-electron chi connectivity index (χ2n) is 8.39. The Kier molecular flexibility index (Phi) is 7.37. The fourth-order valence-corrected chi connectivity index (χ4v) is 2.93. The molecule has 0 amide bonds.